The summed E-state index contributed by atoms with van der Waals surface area (Å²) in [6.07, 6.45) is 2.22. The van der Waals surface area contributed by atoms with Gasteiger partial charge >= 0.3 is 5.63 Å². The molecule has 0 saturated carbocycles. The molecule has 1 fully saturated rings. The topological polar surface area (TPSA) is 59.8 Å². The van der Waals surface area contributed by atoms with Crippen LogP contribution >= 0.6 is 0 Å². The summed E-state index contributed by atoms with van der Waals surface area (Å²) in [5.41, 5.74) is 0.957. The summed E-state index contributed by atoms with van der Waals surface area (Å²) in [5, 5.41) is 0.869. The van der Waals surface area contributed by atoms with Crippen LogP contribution in [0.15, 0.2) is 33.5 Å². The highest BCUT2D eigenvalue weighted by atomic mass is 16.5. The summed E-state index contributed by atoms with van der Waals surface area (Å²) in [6.45, 7) is 5.63. The largest absolute Gasteiger partial charge is 0.484 e. The molecule has 0 unspecified atom stereocenters. The second kappa shape index (κ2) is 6.44. The first kappa shape index (κ1) is 15.6. The Hall–Kier alpha value is -2.30. The van der Waals surface area contributed by atoms with Gasteiger partial charge in [0, 0.05) is 30.6 Å². The minimum absolute atomic E-state index is 0.00217. The average Bonchev–Trinajstić information content (AvgIpc) is 2.52. The quantitative estimate of drug-likeness (QED) is 0.817. The number of carbonyl (C=O) groups is 1. The number of carbonyl (C=O) groups excluding carboxylic acids is 1. The van der Waals surface area contributed by atoms with Crippen LogP contribution in [0.4, 0.5) is 0 Å². The van der Waals surface area contributed by atoms with E-state index in [1.807, 2.05) is 17.9 Å². The third kappa shape index (κ3) is 3.55. The normalized spacial score (nSPS) is 18.2. The van der Waals surface area contributed by atoms with Gasteiger partial charge in [0.1, 0.15) is 11.3 Å². The first-order valence-corrected chi connectivity index (χ1v) is 7.98. The minimum Gasteiger partial charge on any atom is -0.484 e. The van der Waals surface area contributed by atoms with Gasteiger partial charge in [-0.05, 0) is 43.4 Å². The van der Waals surface area contributed by atoms with Crippen LogP contribution in [-0.4, -0.2) is 30.5 Å². The Balaban J connectivity index is 1.69. The molecule has 0 radical (unpaired) electrons. The van der Waals surface area contributed by atoms with E-state index in [-0.39, 0.29) is 18.1 Å². The maximum atomic E-state index is 12.2. The molecule has 0 bridgehead atoms. The van der Waals surface area contributed by atoms with Gasteiger partial charge < -0.3 is 14.1 Å². The van der Waals surface area contributed by atoms with Crippen LogP contribution in [0.2, 0.25) is 0 Å². The molecule has 23 heavy (non-hydrogen) atoms. The van der Waals surface area contributed by atoms with Crippen LogP contribution in [-0.2, 0) is 4.79 Å². The van der Waals surface area contributed by atoms with Gasteiger partial charge in [0.15, 0.2) is 6.61 Å². The highest BCUT2D eigenvalue weighted by Crippen LogP contribution is 2.22. The molecule has 2 heterocycles. The van der Waals surface area contributed by atoms with E-state index in [4.69, 9.17) is 9.15 Å². The van der Waals surface area contributed by atoms with Gasteiger partial charge in [0.05, 0.1) is 0 Å². The molecule has 1 atom stereocenters. The fourth-order valence-electron chi connectivity index (χ4n) is 3.05. The standard InChI is InChI=1S/C18H21NO4/c1-12-4-3-7-19(10-12)17(20)11-22-14-5-6-15-13(2)8-18(21)23-16(15)9-14/h5-6,8-9,12H,3-4,7,10-11H2,1-2H3/t12-/m1/s1. The minimum atomic E-state index is -0.384. The molecule has 5 nitrogen and oxygen atoms in total. The number of benzene rings is 1. The molecule has 1 saturated heterocycles. The smallest absolute Gasteiger partial charge is 0.336 e. The fourth-order valence-corrected chi connectivity index (χ4v) is 3.05. The van der Waals surface area contributed by atoms with Gasteiger partial charge in [-0.2, -0.15) is 0 Å². The van der Waals surface area contributed by atoms with Crippen LogP contribution < -0.4 is 10.4 Å². The van der Waals surface area contributed by atoms with Gasteiger partial charge in [-0.15, -0.1) is 0 Å². The van der Waals surface area contributed by atoms with Crippen molar-refractivity contribution < 1.29 is 13.9 Å². The monoisotopic (exact) mass is 315 g/mol. The third-order valence-electron chi connectivity index (χ3n) is 4.29. The van der Waals surface area contributed by atoms with Crippen molar-refractivity contribution in [1.82, 2.24) is 4.90 Å². The Morgan fingerprint density at radius 2 is 2.22 bits per heavy atom. The van der Waals surface area contributed by atoms with Crippen LogP contribution in [0.3, 0.4) is 0 Å². The Morgan fingerprint density at radius 1 is 1.39 bits per heavy atom. The molecular formula is C18H21NO4. The van der Waals surface area contributed by atoms with Gasteiger partial charge in [-0.3, -0.25) is 4.79 Å². The van der Waals surface area contributed by atoms with Gasteiger partial charge in [0.25, 0.3) is 5.91 Å². The lowest BCUT2D eigenvalue weighted by molar-refractivity contribution is -0.135. The number of piperidine rings is 1. The zero-order valence-electron chi connectivity index (χ0n) is 13.5. The molecule has 0 N–H and O–H groups in total. The van der Waals surface area contributed by atoms with Crippen molar-refractivity contribution in [2.24, 2.45) is 5.92 Å². The Labute approximate surface area is 134 Å². The summed E-state index contributed by atoms with van der Waals surface area (Å²) in [6, 6.07) is 6.76. The first-order valence-electron chi connectivity index (χ1n) is 7.98. The van der Waals surface area contributed by atoms with E-state index in [2.05, 4.69) is 6.92 Å². The van der Waals surface area contributed by atoms with Crippen LogP contribution in [0.1, 0.15) is 25.3 Å². The Morgan fingerprint density at radius 3 is 3.00 bits per heavy atom. The molecule has 1 aromatic carbocycles. The first-order chi connectivity index (χ1) is 11.0. The van der Waals surface area contributed by atoms with Gasteiger partial charge in [-0.25, -0.2) is 4.79 Å². The molecule has 1 aliphatic rings. The summed E-state index contributed by atoms with van der Waals surface area (Å²) in [7, 11) is 0. The molecule has 1 amide bonds. The van der Waals surface area contributed by atoms with Gasteiger partial charge in [-0.1, -0.05) is 6.92 Å². The predicted molar refractivity (Wildman–Crippen MR) is 87.7 cm³/mol. The molecule has 1 aromatic heterocycles. The Kier molecular flexibility index (Phi) is 4.37. The Bertz CT molecular complexity index is 780. The maximum Gasteiger partial charge on any atom is 0.336 e. The van der Waals surface area contributed by atoms with Crippen LogP contribution in [0.5, 0.6) is 5.75 Å². The van der Waals surface area contributed by atoms with Crippen LogP contribution in [0, 0.1) is 12.8 Å². The number of likely N-dealkylation sites (tertiary alicyclic amines) is 1. The van der Waals surface area contributed by atoms with E-state index in [0.717, 1.165) is 30.5 Å². The molecule has 5 heteroatoms. The number of aryl methyl sites for hydroxylation is 1. The summed E-state index contributed by atoms with van der Waals surface area (Å²) < 4.78 is 10.8. The number of hydrogen-bond donors (Lipinski definition) is 0. The van der Waals surface area contributed by atoms with E-state index in [0.29, 0.717) is 17.3 Å². The van der Waals surface area contributed by atoms with Crippen molar-refractivity contribution in [2.45, 2.75) is 26.7 Å². The van der Waals surface area contributed by atoms with E-state index in [9.17, 15) is 9.59 Å². The van der Waals surface area contributed by atoms with Crippen molar-refractivity contribution in [2.75, 3.05) is 19.7 Å². The number of amides is 1. The zero-order chi connectivity index (χ0) is 16.4. The molecule has 0 spiro atoms. The molecule has 1 aliphatic heterocycles. The predicted octanol–water partition coefficient (Wildman–Crippen LogP) is 2.74. The number of hydrogen-bond acceptors (Lipinski definition) is 4. The average molecular weight is 315 g/mol. The lowest BCUT2D eigenvalue weighted by Gasteiger charge is -2.30. The second-order valence-corrected chi connectivity index (χ2v) is 6.28. The fraction of sp³-hybridized carbons (Fsp3) is 0.444. The van der Waals surface area contributed by atoms with Crippen molar-refractivity contribution in [1.29, 1.82) is 0 Å². The van der Waals surface area contributed by atoms with E-state index in [1.54, 1.807) is 12.1 Å². The zero-order valence-corrected chi connectivity index (χ0v) is 13.5. The molecule has 3 rings (SSSR count). The molecule has 122 valence electrons. The number of ether oxygens (including phenoxy) is 1. The van der Waals surface area contributed by atoms with E-state index >= 15 is 0 Å². The maximum absolute atomic E-state index is 12.2. The van der Waals surface area contributed by atoms with Crippen molar-refractivity contribution >= 4 is 16.9 Å². The third-order valence-corrected chi connectivity index (χ3v) is 4.29. The molecule has 2 aromatic rings. The highest BCUT2D eigenvalue weighted by Gasteiger charge is 2.21. The van der Waals surface area contributed by atoms with E-state index < -0.39 is 0 Å². The second-order valence-electron chi connectivity index (χ2n) is 6.28. The van der Waals surface area contributed by atoms with Crippen LogP contribution in [0.25, 0.3) is 11.0 Å². The molecule has 0 aliphatic carbocycles. The van der Waals surface area contributed by atoms with Gasteiger partial charge in [0.2, 0.25) is 0 Å². The SMILES string of the molecule is Cc1cc(=O)oc2cc(OCC(=O)N3CCC[C@@H](C)C3)ccc12. The summed E-state index contributed by atoms with van der Waals surface area (Å²) >= 11 is 0. The van der Waals surface area contributed by atoms with Crippen molar-refractivity contribution in [3.8, 4) is 5.75 Å². The highest BCUT2D eigenvalue weighted by molar-refractivity contribution is 5.81. The summed E-state index contributed by atoms with van der Waals surface area (Å²) in [4.78, 5) is 25.5. The van der Waals surface area contributed by atoms with Crippen molar-refractivity contribution in [3.63, 3.8) is 0 Å². The number of nitrogens with zero attached hydrogens (tertiary/aromatic N) is 1. The number of rotatable bonds is 3. The van der Waals surface area contributed by atoms with Crippen molar-refractivity contribution in [3.05, 3.63) is 40.2 Å². The number of fused-ring (bicyclic) bond motifs is 1. The lowest BCUT2D eigenvalue weighted by atomic mass is 10.0. The summed E-state index contributed by atoms with van der Waals surface area (Å²) in [5.74, 6) is 1.08. The lowest BCUT2D eigenvalue weighted by Crippen LogP contribution is -2.41. The molecular weight excluding hydrogens is 294 g/mol. The van der Waals surface area contributed by atoms with E-state index in [1.165, 1.54) is 12.5 Å².